The minimum atomic E-state index is 0.258. The van der Waals surface area contributed by atoms with Gasteiger partial charge in [0.1, 0.15) is 0 Å². The first-order valence-electron chi connectivity index (χ1n) is 6.71. The van der Waals surface area contributed by atoms with Crippen LogP contribution in [-0.2, 0) is 10.5 Å². The molecule has 0 spiro atoms. The van der Waals surface area contributed by atoms with E-state index in [0.717, 1.165) is 25.3 Å². The van der Waals surface area contributed by atoms with E-state index in [-0.39, 0.29) is 5.91 Å². The maximum atomic E-state index is 12.1. The molecule has 0 aliphatic carbocycles. The molecule has 1 saturated heterocycles. The van der Waals surface area contributed by atoms with Crippen LogP contribution in [0, 0.1) is 0 Å². The topological polar surface area (TPSA) is 45.2 Å². The smallest absolute Gasteiger partial charge is 0.232 e. The summed E-state index contributed by atoms with van der Waals surface area (Å²) < 4.78 is 0. The number of carbonyl (C=O) groups is 1. The number of nitrogens with zero attached hydrogens (tertiary/aromatic N) is 2. The van der Waals surface area contributed by atoms with E-state index >= 15 is 0 Å². The molecule has 1 aliphatic heterocycles. The molecule has 1 N–H and O–H groups in total. The normalized spacial score (nSPS) is 19.4. The number of likely N-dealkylation sites (N-methyl/N-ethyl adjacent to an activating group) is 1. The highest BCUT2D eigenvalue weighted by Crippen LogP contribution is 2.14. The van der Waals surface area contributed by atoms with Crippen LogP contribution in [0.25, 0.3) is 0 Å². The molecule has 5 heteroatoms. The van der Waals surface area contributed by atoms with Crippen LogP contribution < -0.4 is 5.32 Å². The molecule has 1 fully saturated rings. The summed E-state index contributed by atoms with van der Waals surface area (Å²) in [6.07, 6.45) is 5.90. The van der Waals surface area contributed by atoms with Gasteiger partial charge in [-0.3, -0.25) is 9.78 Å². The molecule has 1 unspecified atom stereocenters. The number of carbonyl (C=O) groups excluding carboxylic acids is 1. The molecule has 1 atom stereocenters. The van der Waals surface area contributed by atoms with Gasteiger partial charge < -0.3 is 10.2 Å². The quantitative estimate of drug-likeness (QED) is 0.888. The van der Waals surface area contributed by atoms with E-state index < -0.39 is 0 Å². The molecule has 19 heavy (non-hydrogen) atoms. The van der Waals surface area contributed by atoms with Crippen LogP contribution in [0.5, 0.6) is 0 Å². The van der Waals surface area contributed by atoms with Crippen molar-refractivity contribution in [3.05, 3.63) is 30.1 Å². The summed E-state index contributed by atoms with van der Waals surface area (Å²) in [5.41, 5.74) is 1.17. The van der Waals surface area contributed by atoms with Crippen LogP contribution in [0.1, 0.15) is 18.4 Å². The third-order valence-corrected chi connectivity index (χ3v) is 4.39. The first kappa shape index (κ1) is 14.3. The molecular weight excluding hydrogens is 258 g/mol. The summed E-state index contributed by atoms with van der Waals surface area (Å²) in [5.74, 6) is 1.67. The molecule has 104 valence electrons. The lowest BCUT2D eigenvalue weighted by Gasteiger charge is -2.32. The lowest BCUT2D eigenvalue weighted by Crippen LogP contribution is -2.47. The Morgan fingerprint density at radius 3 is 3.26 bits per heavy atom. The molecule has 1 aromatic heterocycles. The van der Waals surface area contributed by atoms with Crippen molar-refractivity contribution in [1.82, 2.24) is 15.2 Å². The van der Waals surface area contributed by atoms with Crippen molar-refractivity contribution < 1.29 is 4.79 Å². The lowest BCUT2D eigenvalue weighted by molar-refractivity contribution is -0.129. The Kier molecular flexibility index (Phi) is 5.66. The van der Waals surface area contributed by atoms with E-state index in [1.54, 1.807) is 18.0 Å². The SMILES string of the molecule is CNC1CCCN(C(=O)CSCc2cccnc2)C1. The molecule has 1 aromatic rings. The van der Waals surface area contributed by atoms with Gasteiger partial charge in [0.2, 0.25) is 5.91 Å². The highest BCUT2D eigenvalue weighted by Gasteiger charge is 2.22. The van der Waals surface area contributed by atoms with Crippen molar-refractivity contribution in [2.75, 3.05) is 25.9 Å². The summed E-state index contributed by atoms with van der Waals surface area (Å²) in [6.45, 7) is 1.76. The van der Waals surface area contributed by atoms with Crippen molar-refractivity contribution >= 4 is 17.7 Å². The largest absolute Gasteiger partial charge is 0.340 e. The predicted molar refractivity (Wildman–Crippen MR) is 79.1 cm³/mol. The van der Waals surface area contributed by atoms with Crippen LogP contribution >= 0.6 is 11.8 Å². The van der Waals surface area contributed by atoms with Crippen LogP contribution in [0.2, 0.25) is 0 Å². The standard InChI is InChI=1S/C14H21N3OS/c1-15-13-5-3-7-17(9-13)14(18)11-19-10-12-4-2-6-16-8-12/h2,4,6,8,13,15H,3,5,7,9-11H2,1H3. The van der Waals surface area contributed by atoms with Gasteiger partial charge in [-0.2, -0.15) is 0 Å². The Labute approximate surface area is 119 Å². The molecule has 1 aliphatic rings. The third kappa shape index (κ3) is 4.51. The highest BCUT2D eigenvalue weighted by molar-refractivity contribution is 7.99. The van der Waals surface area contributed by atoms with Gasteiger partial charge in [-0.05, 0) is 31.5 Å². The second kappa shape index (κ2) is 7.50. The number of rotatable bonds is 5. The Bertz CT molecular complexity index is 399. The molecule has 0 bridgehead atoms. The fourth-order valence-corrected chi connectivity index (χ4v) is 3.14. The molecule has 2 heterocycles. The maximum absolute atomic E-state index is 12.1. The van der Waals surface area contributed by atoms with Crippen LogP contribution in [-0.4, -0.2) is 47.7 Å². The van der Waals surface area contributed by atoms with Gasteiger partial charge >= 0.3 is 0 Å². The van der Waals surface area contributed by atoms with E-state index in [9.17, 15) is 4.79 Å². The van der Waals surface area contributed by atoms with Gasteiger partial charge in [-0.15, -0.1) is 11.8 Å². The number of pyridine rings is 1. The van der Waals surface area contributed by atoms with E-state index in [2.05, 4.69) is 10.3 Å². The van der Waals surface area contributed by atoms with Gasteiger partial charge in [0.05, 0.1) is 5.75 Å². The van der Waals surface area contributed by atoms with Gasteiger partial charge in [0, 0.05) is 37.3 Å². The molecule has 0 aromatic carbocycles. The fourth-order valence-electron chi connectivity index (χ4n) is 2.27. The van der Waals surface area contributed by atoms with Gasteiger partial charge in [0.25, 0.3) is 0 Å². The average molecular weight is 279 g/mol. The number of nitrogens with one attached hydrogen (secondary N) is 1. The second-order valence-electron chi connectivity index (χ2n) is 4.82. The van der Waals surface area contributed by atoms with Crippen LogP contribution in [0.4, 0.5) is 0 Å². The molecule has 0 saturated carbocycles. The minimum Gasteiger partial charge on any atom is -0.340 e. The van der Waals surface area contributed by atoms with E-state index in [1.165, 1.54) is 12.0 Å². The molecule has 1 amide bonds. The summed E-state index contributed by atoms with van der Waals surface area (Å²) in [4.78, 5) is 18.2. The van der Waals surface area contributed by atoms with Crippen molar-refractivity contribution in [3.63, 3.8) is 0 Å². The number of aromatic nitrogens is 1. The Morgan fingerprint density at radius 2 is 2.53 bits per heavy atom. The monoisotopic (exact) mass is 279 g/mol. The lowest BCUT2D eigenvalue weighted by atomic mass is 10.1. The van der Waals surface area contributed by atoms with E-state index in [4.69, 9.17) is 0 Å². The second-order valence-corrected chi connectivity index (χ2v) is 5.81. The predicted octanol–water partition coefficient (Wildman–Crippen LogP) is 1.53. The van der Waals surface area contributed by atoms with E-state index in [0.29, 0.717) is 11.8 Å². The molecular formula is C14H21N3OS. The number of thioether (sulfide) groups is 1. The summed E-state index contributed by atoms with van der Waals surface area (Å²) in [6, 6.07) is 4.43. The van der Waals surface area contributed by atoms with Crippen molar-refractivity contribution in [2.45, 2.75) is 24.6 Å². The van der Waals surface area contributed by atoms with Crippen LogP contribution in [0.3, 0.4) is 0 Å². The van der Waals surface area contributed by atoms with Crippen molar-refractivity contribution in [2.24, 2.45) is 0 Å². The average Bonchev–Trinajstić information content (AvgIpc) is 2.48. The summed E-state index contributed by atoms with van der Waals surface area (Å²) >= 11 is 1.67. The highest BCUT2D eigenvalue weighted by atomic mass is 32.2. The van der Waals surface area contributed by atoms with Crippen molar-refractivity contribution in [3.8, 4) is 0 Å². The summed E-state index contributed by atoms with van der Waals surface area (Å²) in [5, 5.41) is 3.26. The maximum Gasteiger partial charge on any atom is 0.232 e. The zero-order valence-corrected chi connectivity index (χ0v) is 12.2. The number of likely N-dealkylation sites (tertiary alicyclic amines) is 1. The number of hydrogen-bond donors (Lipinski definition) is 1. The zero-order chi connectivity index (χ0) is 13.5. The fraction of sp³-hybridized carbons (Fsp3) is 0.571. The number of hydrogen-bond acceptors (Lipinski definition) is 4. The van der Waals surface area contributed by atoms with E-state index in [1.807, 2.05) is 30.3 Å². The Balaban J connectivity index is 1.72. The first-order chi connectivity index (χ1) is 9.29. The van der Waals surface area contributed by atoms with Gasteiger partial charge in [0.15, 0.2) is 0 Å². The Morgan fingerprint density at radius 1 is 1.63 bits per heavy atom. The zero-order valence-electron chi connectivity index (χ0n) is 11.3. The summed E-state index contributed by atoms with van der Waals surface area (Å²) in [7, 11) is 1.97. The van der Waals surface area contributed by atoms with Crippen LogP contribution in [0.15, 0.2) is 24.5 Å². The molecule has 2 rings (SSSR count). The molecule has 4 nitrogen and oxygen atoms in total. The molecule has 0 radical (unpaired) electrons. The first-order valence-corrected chi connectivity index (χ1v) is 7.86. The van der Waals surface area contributed by atoms with Gasteiger partial charge in [-0.1, -0.05) is 6.07 Å². The third-order valence-electron chi connectivity index (χ3n) is 3.40. The number of piperidine rings is 1. The van der Waals surface area contributed by atoms with Crippen molar-refractivity contribution in [1.29, 1.82) is 0 Å². The van der Waals surface area contributed by atoms with Gasteiger partial charge in [-0.25, -0.2) is 0 Å². The Hall–Kier alpha value is -1.07. The number of amides is 1. The minimum absolute atomic E-state index is 0.258.